The standard InChI is InChI=1S/C23H19BrClNO3/c24-17-8-6-15(7-9-17)23-19(14-4-2-1-3-5-14)10-16(13-27)22(23,28)21-20(29-23)11-18(25)12-26-21/h1-9,11-12,16,19,27-28H,10,13H2/t16-,19+,22-,23+/m1/s1. The summed E-state index contributed by atoms with van der Waals surface area (Å²) < 4.78 is 7.54. The van der Waals surface area contributed by atoms with Gasteiger partial charge in [-0.1, -0.05) is 70.0 Å². The number of aliphatic hydroxyl groups is 2. The molecule has 0 spiro atoms. The molecule has 2 heterocycles. The van der Waals surface area contributed by atoms with Gasteiger partial charge >= 0.3 is 0 Å². The summed E-state index contributed by atoms with van der Waals surface area (Å²) in [7, 11) is 0. The van der Waals surface area contributed by atoms with Crippen LogP contribution in [-0.2, 0) is 11.2 Å². The summed E-state index contributed by atoms with van der Waals surface area (Å²) in [6, 6.07) is 19.5. The van der Waals surface area contributed by atoms with Crippen LogP contribution < -0.4 is 4.74 Å². The predicted molar refractivity (Wildman–Crippen MR) is 114 cm³/mol. The second kappa shape index (κ2) is 6.81. The van der Waals surface area contributed by atoms with Crippen LogP contribution in [0.15, 0.2) is 71.3 Å². The molecule has 5 rings (SSSR count). The Morgan fingerprint density at radius 1 is 1.14 bits per heavy atom. The molecule has 1 aliphatic heterocycles. The maximum absolute atomic E-state index is 12.2. The summed E-state index contributed by atoms with van der Waals surface area (Å²) in [5, 5.41) is 22.9. The van der Waals surface area contributed by atoms with Crippen LogP contribution in [0.3, 0.4) is 0 Å². The highest BCUT2D eigenvalue weighted by Gasteiger charge is 2.73. The molecule has 2 aromatic carbocycles. The Labute approximate surface area is 182 Å². The number of hydrogen-bond acceptors (Lipinski definition) is 4. The normalized spacial score (nSPS) is 29.9. The Hall–Kier alpha value is -1.92. The molecule has 1 fully saturated rings. The zero-order valence-electron chi connectivity index (χ0n) is 15.4. The highest BCUT2D eigenvalue weighted by Crippen LogP contribution is 2.68. The first-order valence-electron chi connectivity index (χ1n) is 9.50. The van der Waals surface area contributed by atoms with E-state index in [1.165, 1.54) is 6.20 Å². The van der Waals surface area contributed by atoms with E-state index >= 15 is 0 Å². The van der Waals surface area contributed by atoms with Crippen LogP contribution in [0, 0.1) is 5.92 Å². The van der Waals surface area contributed by atoms with E-state index in [0.717, 1.165) is 15.6 Å². The quantitative estimate of drug-likeness (QED) is 0.576. The minimum atomic E-state index is -1.49. The van der Waals surface area contributed by atoms with Crippen LogP contribution in [0.4, 0.5) is 0 Å². The highest BCUT2D eigenvalue weighted by molar-refractivity contribution is 9.10. The van der Waals surface area contributed by atoms with E-state index in [2.05, 4.69) is 20.9 Å². The SMILES string of the molecule is OC[C@H]1C[C@@H](c2ccccc2)[C@]2(c3ccc(Br)cc3)Oc3cc(Cl)cnc3[C@]12O. The summed E-state index contributed by atoms with van der Waals surface area (Å²) in [5.41, 5.74) is -0.300. The van der Waals surface area contributed by atoms with Crippen molar-refractivity contribution in [2.75, 3.05) is 6.61 Å². The zero-order chi connectivity index (χ0) is 20.2. The maximum atomic E-state index is 12.2. The fourth-order valence-corrected chi connectivity index (χ4v) is 5.52. The third-order valence-corrected chi connectivity index (χ3v) is 7.05. The van der Waals surface area contributed by atoms with E-state index in [4.69, 9.17) is 16.3 Å². The lowest BCUT2D eigenvalue weighted by molar-refractivity contribution is -0.136. The number of aromatic nitrogens is 1. The van der Waals surface area contributed by atoms with Crippen molar-refractivity contribution in [1.82, 2.24) is 4.98 Å². The second-order valence-electron chi connectivity index (χ2n) is 7.69. The Bertz CT molecular complexity index is 1060. The van der Waals surface area contributed by atoms with Crippen molar-refractivity contribution in [3.8, 4) is 5.75 Å². The summed E-state index contributed by atoms with van der Waals surface area (Å²) in [6.07, 6.45) is 2.08. The first kappa shape index (κ1) is 19.1. The number of ether oxygens (including phenoxy) is 1. The molecule has 0 radical (unpaired) electrons. The van der Waals surface area contributed by atoms with Crippen LogP contribution in [0.5, 0.6) is 5.75 Å². The molecule has 1 aromatic heterocycles. The van der Waals surface area contributed by atoms with Gasteiger partial charge in [0.05, 0.1) is 5.02 Å². The molecule has 2 N–H and O–H groups in total. The molecule has 0 saturated heterocycles. The van der Waals surface area contributed by atoms with Gasteiger partial charge in [-0.15, -0.1) is 0 Å². The van der Waals surface area contributed by atoms with E-state index in [1.807, 2.05) is 54.6 Å². The lowest BCUT2D eigenvalue weighted by Crippen LogP contribution is -2.51. The number of aliphatic hydroxyl groups excluding tert-OH is 1. The largest absolute Gasteiger partial charge is 0.476 e. The van der Waals surface area contributed by atoms with Gasteiger partial charge in [-0.3, -0.25) is 4.98 Å². The molecule has 4 atom stereocenters. The number of pyridine rings is 1. The van der Waals surface area contributed by atoms with E-state index in [0.29, 0.717) is 22.9 Å². The van der Waals surface area contributed by atoms with Gasteiger partial charge in [0.25, 0.3) is 0 Å². The molecule has 6 heteroatoms. The van der Waals surface area contributed by atoms with Gasteiger partial charge in [0.2, 0.25) is 0 Å². The summed E-state index contributed by atoms with van der Waals surface area (Å²) in [6.45, 7) is -0.175. The second-order valence-corrected chi connectivity index (χ2v) is 9.04. The molecule has 148 valence electrons. The fraction of sp³-hybridized carbons (Fsp3) is 0.261. The van der Waals surface area contributed by atoms with Crippen molar-refractivity contribution in [2.45, 2.75) is 23.5 Å². The van der Waals surface area contributed by atoms with Crippen LogP contribution in [0.2, 0.25) is 5.02 Å². The minimum Gasteiger partial charge on any atom is -0.476 e. The Morgan fingerprint density at radius 2 is 1.86 bits per heavy atom. The first-order valence-corrected chi connectivity index (χ1v) is 10.7. The molecule has 3 aromatic rings. The van der Waals surface area contributed by atoms with Crippen molar-refractivity contribution in [1.29, 1.82) is 0 Å². The molecule has 4 nitrogen and oxygen atoms in total. The van der Waals surface area contributed by atoms with Gasteiger partial charge in [-0.05, 0) is 29.7 Å². The van der Waals surface area contributed by atoms with Crippen molar-refractivity contribution in [3.63, 3.8) is 0 Å². The maximum Gasteiger partial charge on any atom is 0.175 e. The van der Waals surface area contributed by atoms with Crippen LogP contribution in [0.1, 0.15) is 29.2 Å². The molecular formula is C23H19BrClNO3. The molecule has 0 amide bonds. The van der Waals surface area contributed by atoms with E-state index in [-0.39, 0.29) is 12.5 Å². The Kier molecular flexibility index (Phi) is 4.48. The number of rotatable bonds is 3. The topological polar surface area (TPSA) is 62.6 Å². The lowest BCUT2D eigenvalue weighted by Gasteiger charge is -2.41. The summed E-state index contributed by atoms with van der Waals surface area (Å²) in [5.74, 6) is -0.159. The lowest BCUT2D eigenvalue weighted by atomic mass is 9.71. The number of hydrogen-bond donors (Lipinski definition) is 2. The van der Waals surface area contributed by atoms with Crippen molar-refractivity contribution in [2.24, 2.45) is 5.92 Å². The van der Waals surface area contributed by atoms with Crippen LogP contribution in [0.25, 0.3) is 0 Å². The fourth-order valence-electron chi connectivity index (χ4n) is 5.11. The molecular weight excluding hydrogens is 454 g/mol. The highest BCUT2D eigenvalue weighted by atomic mass is 79.9. The number of halogens is 2. The van der Waals surface area contributed by atoms with Crippen LogP contribution >= 0.6 is 27.5 Å². The van der Waals surface area contributed by atoms with Crippen molar-refractivity contribution in [3.05, 3.63) is 93.2 Å². The number of benzene rings is 2. The smallest absolute Gasteiger partial charge is 0.175 e. The molecule has 2 aliphatic rings. The zero-order valence-corrected chi connectivity index (χ0v) is 17.8. The van der Waals surface area contributed by atoms with Gasteiger partial charge in [0, 0.05) is 35.2 Å². The Morgan fingerprint density at radius 3 is 2.55 bits per heavy atom. The number of nitrogens with zero attached hydrogens (tertiary/aromatic N) is 1. The Balaban J connectivity index is 1.81. The first-order chi connectivity index (χ1) is 14.0. The molecule has 0 bridgehead atoms. The summed E-state index contributed by atoms with van der Waals surface area (Å²) >= 11 is 9.67. The van der Waals surface area contributed by atoms with Crippen LogP contribution in [-0.4, -0.2) is 21.8 Å². The average Bonchev–Trinajstić information content (AvgIpc) is 3.13. The molecule has 29 heavy (non-hydrogen) atoms. The third-order valence-electron chi connectivity index (χ3n) is 6.31. The van der Waals surface area contributed by atoms with E-state index in [9.17, 15) is 10.2 Å². The van der Waals surface area contributed by atoms with Crippen molar-refractivity contribution >= 4 is 27.5 Å². The predicted octanol–water partition coefficient (Wildman–Crippen LogP) is 4.77. The van der Waals surface area contributed by atoms with Crippen molar-refractivity contribution < 1.29 is 14.9 Å². The summed E-state index contributed by atoms with van der Waals surface area (Å²) in [4.78, 5) is 4.46. The van der Waals surface area contributed by atoms with Gasteiger partial charge in [-0.25, -0.2) is 0 Å². The average molecular weight is 473 g/mol. The van der Waals surface area contributed by atoms with Gasteiger partial charge in [0.1, 0.15) is 11.4 Å². The monoisotopic (exact) mass is 471 g/mol. The molecule has 0 unspecified atom stereocenters. The number of fused-ring (bicyclic) bond motifs is 3. The van der Waals surface area contributed by atoms with E-state index < -0.39 is 17.1 Å². The molecule has 1 aliphatic carbocycles. The van der Waals surface area contributed by atoms with Gasteiger partial charge in [-0.2, -0.15) is 0 Å². The minimum absolute atomic E-state index is 0.175. The van der Waals surface area contributed by atoms with Gasteiger partial charge < -0.3 is 14.9 Å². The van der Waals surface area contributed by atoms with Gasteiger partial charge in [0.15, 0.2) is 11.2 Å². The molecule has 1 saturated carbocycles. The van der Waals surface area contributed by atoms with E-state index in [1.54, 1.807) is 6.07 Å². The third kappa shape index (κ3) is 2.55.